The summed E-state index contributed by atoms with van der Waals surface area (Å²) in [7, 11) is 0. The molecule has 5 nitrogen and oxygen atoms in total. The minimum Gasteiger partial charge on any atom is -0.489 e. The first kappa shape index (κ1) is 20.6. The Morgan fingerprint density at radius 1 is 1.31 bits per heavy atom. The van der Waals surface area contributed by atoms with Crippen LogP contribution in [-0.2, 0) is 0 Å². The molecule has 2 rings (SSSR count). The van der Waals surface area contributed by atoms with Gasteiger partial charge in [0.05, 0.1) is 6.54 Å². The standard InChI is InChI=1S/C21H36N4O/c1-5-12-25-13-10-19(11-14-25)24-21(22-6-2)23-16-18(4)26-20-9-7-8-17(3)15-20/h7-9,15,18-19H,5-6,10-14,16H2,1-4H3,(H2,22,23,24). The van der Waals surface area contributed by atoms with Gasteiger partial charge in [0, 0.05) is 25.7 Å². The summed E-state index contributed by atoms with van der Waals surface area (Å²) in [5, 5.41) is 6.97. The van der Waals surface area contributed by atoms with Crippen LogP contribution in [0.1, 0.15) is 45.6 Å². The third-order valence-corrected chi connectivity index (χ3v) is 4.65. The second-order valence-corrected chi connectivity index (χ2v) is 7.22. The molecule has 146 valence electrons. The molecule has 0 bridgehead atoms. The molecule has 26 heavy (non-hydrogen) atoms. The maximum absolute atomic E-state index is 5.99. The summed E-state index contributed by atoms with van der Waals surface area (Å²) < 4.78 is 5.99. The van der Waals surface area contributed by atoms with Crippen LogP contribution in [0.25, 0.3) is 0 Å². The van der Waals surface area contributed by atoms with E-state index in [4.69, 9.17) is 9.73 Å². The Labute approximate surface area is 159 Å². The Balaban J connectivity index is 1.82. The van der Waals surface area contributed by atoms with Crippen LogP contribution >= 0.6 is 0 Å². The first-order chi connectivity index (χ1) is 12.6. The number of benzene rings is 1. The fraction of sp³-hybridized carbons (Fsp3) is 0.667. The lowest BCUT2D eigenvalue weighted by molar-refractivity contribution is 0.206. The number of likely N-dealkylation sites (tertiary alicyclic amines) is 1. The van der Waals surface area contributed by atoms with Crippen molar-refractivity contribution in [2.24, 2.45) is 4.99 Å². The molecule has 1 atom stereocenters. The average molecular weight is 361 g/mol. The summed E-state index contributed by atoms with van der Waals surface area (Å²) in [6.07, 6.45) is 3.64. The molecule has 5 heteroatoms. The average Bonchev–Trinajstić information content (AvgIpc) is 2.62. The molecule has 1 heterocycles. The molecule has 0 spiro atoms. The first-order valence-electron chi connectivity index (χ1n) is 10.1. The summed E-state index contributed by atoms with van der Waals surface area (Å²) in [6, 6.07) is 8.68. The fourth-order valence-electron chi connectivity index (χ4n) is 3.31. The number of hydrogen-bond acceptors (Lipinski definition) is 3. The van der Waals surface area contributed by atoms with E-state index in [2.05, 4.69) is 55.4 Å². The lowest BCUT2D eigenvalue weighted by atomic mass is 10.1. The smallest absolute Gasteiger partial charge is 0.191 e. The number of ether oxygens (including phenoxy) is 1. The molecule has 1 aromatic carbocycles. The minimum absolute atomic E-state index is 0.0404. The van der Waals surface area contributed by atoms with Crippen LogP contribution in [0.15, 0.2) is 29.3 Å². The monoisotopic (exact) mass is 360 g/mol. The van der Waals surface area contributed by atoms with Crippen molar-refractivity contribution in [1.29, 1.82) is 0 Å². The van der Waals surface area contributed by atoms with Crippen molar-refractivity contribution in [1.82, 2.24) is 15.5 Å². The molecule has 0 amide bonds. The third kappa shape index (κ3) is 7.24. The molecule has 1 saturated heterocycles. The molecule has 1 aliphatic heterocycles. The van der Waals surface area contributed by atoms with E-state index < -0.39 is 0 Å². The second-order valence-electron chi connectivity index (χ2n) is 7.22. The molecule has 0 aliphatic carbocycles. The Hall–Kier alpha value is -1.75. The highest BCUT2D eigenvalue weighted by Gasteiger charge is 2.19. The van der Waals surface area contributed by atoms with E-state index in [-0.39, 0.29) is 6.10 Å². The molecular weight excluding hydrogens is 324 g/mol. The Bertz CT molecular complexity index is 553. The highest BCUT2D eigenvalue weighted by Crippen LogP contribution is 2.14. The van der Waals surface area contributed by atoms with E-state index in [1.165, 1.54) is 44.5 Å². The van der Waals surface area contributed by atoms with Crippen molar-refractivity contribution >= 4 is 5.96 Å². The van der Waals surface area contributed by atoms with Crippen molar-refractivity contribution in [3.05, 3.63) is 29.8 Å². The van der Waals surface area contributed by atoms with E-state index >= 15 is 0 Å². The molecule has 2 N–H and O–H groups in total. The van der Waals surface area contributed by atoms with Gasteiger partial charge in [-0.25, -0.2) is 4.99 Å². The molecule has 1 unspecified atom stereocenters. The predicted octanol–water partition coefficient (Wildman–Crippen LogP) is 3.19. The number of hydrogen-bond donors (Lipinski definition) is 2. The Morgan fingerprint density at radius 2 is 2.08 bits per heavy atom. The summed E-state index contributed by atoms with van der Waals surface area (Å²) in [6.45, 7) is 13.6. The van der Waals surface area contributed by atoms with E-state index in [0.29, 0.717) is 12.6 Å². The summed E-state index contributed by atoms with van der Waals surface area (Å²) in [5.41, 5.74) is 1.21. The minimum atomic E-state index is 0.0404. The number of aliphatic imine (C=N–C) groups is 1. The Morgan fingerprint density at radius 3 is 2.73 bits per heavy atom. The van der Waals surface area contributed by atoms with Crippen LogP contribution in [-0.4, -0.2) is 55.7 Å². The molecule has 1 fully saturated rings. The van der Waals surface area contributed by atoms with E-state index in [9.17, 15) is 0 Å². The summed E-state index contributed by atoms with van der Waals surface area (Å²) in [5.74, 6) is 1.81. The number of guanidine groups is 1. The Kier molecular flexibility index (Phi) is 8.75. The van der Waals surface area contributed by atoms with Crippen LogP contribution < -0.4 is 15.4 Å². The second kappa shape index (κ2) is 11.1. The van der Waals surface area contributed by atoms with Crippen molar-refractivity contribution < 1.29 is 4.74 Å². The molecule has 1 aliphatic rings. The van der Waals surface area contributed by atoms with Crippen LogP contribution in [0, 0.1) is 6.92 Å². The highest BCUT2D eigenvalue weighted by atomic mass is 16.5. The van der Waals surface area contributed by atoms with Gasteiger partial charge in [0.1, 0.15) is 11.9 Å². The van der Waals surface area contributed by atoms with Crippen molar-refractivity contribution in [3.8, 4) is 5.75 Å². The van der Waals surface area contributed by atoms with Gasteiger partial charge in [-0.15, -0.1) is 0 Å². The van der Waals surface area contributed by atoms with Gasteiger partial charge in [-0.2, -0.15) is 0 Å². The van der Waals surface area contributed by atoms with Crippen molar-refractivity contribution in [2.75, 3.05) is 32.7 Å². The van der Waals surface area contributed by atoms with Crippen LogP contribution in [0.5, 0.6) is 5.75 Å². The first-order valence-corrected chi connectivity index (χ1v) is 10.1. The van der Waals surface area contributed by atoms with Gasteiger partial charge in [0.15, 0.2) is 5.96 Å². The lowest BCUT2D eigenvalue weighted by Crippen LogP contribution is -2.49. The molecular formula is C21H36N4O. The summed E-state index contributed by atoms with van der Waals surface area (Å²) >= 11 is 0. The topological polar surface area (TPSA) is 48.9 Å². The normalized spacial score (nSPS) is 17.8. The largest absolute Gasteiger partial charge is 0.489 e. The van der Waals surface area contributed by atoms with Gasteiger partial charge in [-0.3, -0.25) is 0 Å². The van der Waals surface area contributed by atoms with Crippen LogP contribution in [0.3, 0.4) is 0 Å². The number of aryl methyl sites for hydroxylation is 1. The van der Waals surface area contributed by atoms with Crippen molar-refractivity contribution in [3.63, 3.8) is 0 Å². The zero-order chi connectivity index (χ0) is 18.8. The maximum atomic E-state index is 5.99. The quantitative estimate of drug-likeness (QED) is 0.552. The van der Waals surface area contributed by atoms with E-state index in [0.717, 1.165) is 18.3 Å². The van der Waals surface area contributed by atoms with Gasteiger partial charge >= 0.3 is 0 Å². The van der Waals surface area contributed by atoms with Gasteiger partial charge in [0.25, 0.3) is 0 Å². The zero-order valence-electron chi connectivity index (χ0n) is 16.9. The number of nitrogens with zero attached hydrogens (tertiary/aromatic N) is 2. The zero-order valence-corrected chi connectivity index (χ0v) is 16.9. The van der Waals surface area contributed by atoms with Gasteiger partial charge in [-0.1, -0.05) is 19.1 Å². The SMILES string of the molecule is CCCN1CCC(NC(=NCC(C)Oc2cccc(C)c2)NCC)CC1. The predicted molar refractivity (Wildman–Crippen MR) is 110 cm³/mol. The lowest BCUT2D eigenvalue weighted by Gasteiger charge is -2.32. The highest BCUT2D eigenvalue weighted by molar-refractivity contribution is 5.80. The van der Waals surface area contributed by atoms with Crippen molar-refractivity contribution in [2.45, 2.75) is 59.1 Å². The number of rotatable bonds is 8. The van der Waals surface area contributed by atoms with E-state index in [1.807, 2.05) is 12.1 Å². The number of nitrogens with one attached hydrogen (secondary N) is 2. The summed E-state index contributed by atoms with van der Waals surface area (Å²) in [4.78, 5) is 7.29. The maximum Gasteiger partial charge on any atom is 0.191 e. The molecule has 1 aromatic rings. The van der Waals surface area contributed by atoms with Crippen LogP contribution in [0.2, 0.25) is 0 Å². The van der Waals surface area contributed by atoms with E-state index in [1.54, 1.807) is 0 Å². The number of piperidine rings is 1. The van der Waals surface area contributed by atoms with Crippen LogP contribution in [0.4, 0.5) is 0 Å². The molecule has 0 radical (unpaired) electrons. The third-order valence-electron chi connectivity index (χ3n) is 4.65. The van der Waals surface area contributed by atoms with Gasteiger partial charge in [-0.05, 0) is 64.3 Å². The molecule has 0 saturated carbocycles. The van der Waals surface area contributed by atoms with Gasteiger partial charge in [0.2, 0.25) is 0 Å². The van der Waals surface area contributed by atoms with Gasteiger partial charge < -0.3 is 20.3 Å². The fourth-order valence-corrected chi connectivity index (χ4v) is 3.31. The molecule has 0 aromatic heterocycles.